The van der Waals surface area contributed by atoms with E-state index in [1.54, 1.807) is 10.9 Å². The Kier molecular flexibility index (Phi) is 2.75. The van der Waals surface area contributed by atoms with Crippen molar-refractivity contribution in [1.82, 2.24) is 9.78 Å². The van der Waals surface area contributed by atoms with Crippen molar-refractivity contribution < 1.29 is 0 Å². The predicted octanol–water partition coefficient (Wildman–Crippen LogP) is 2.55. The molecule has 0 aliphatic carbocycles. The van der Waals surface area contributed by atoms with Crippen LogP contribution in [-0.4, -0.2) is 9.78 Å². The van der Waals surface area contributed by atoms with Gasteiger partial charge in [-0.25, -0.2) is 4.68 Å². The number of nitrogens with two attached hydrogens (primary N) is 1. The largest absolute Gasteiger partial charge is 0.324 e. The molecule has 0 fully saturated rings. The van der Waals surface area contributed by atoms with Gasteiger partial charge in [0.05, 0.1) is 10.7 Å². The van der Waals surface area contributed by atoms with Gasteiger partial charge >= 0.3 is 0 Å². The van der Waals surface area contributed by atoms with E-state index in [1.807, 2.05) is 37.4 Å². The van der Waals surface area contributed by atoms with Crippen molar-refractivity contribution in [3.05, 3.63) is 47.2 Å². The summed E-state index contributed by atoms with van der Waals surface area (Å²) in [5.41, 5.74) is 7.66. The number of hydrogen-bond acceptors (Lipinski definition) is 2. The summed E-state index contributed by atoms with van der Waals surface area (Å²) in [6.07, 6.45) is 3.57. The van der Waals surface area contributed by atoms with Crippen molar-refractivity contribution in [1.29, 1.82) is 0 Å². The molecule has 4 heteroatoms. The molecule has 2 aromatic rings. The molecule has 0 saturated heterocycles. The minimum atomic E-state index is -0.00540. The highest BCUT2D eigenvalue weighted by molar-refractivity contribution is 6.32. The van der Waals surface area contributed by atoms with Gasteiger partial charge in [-0.2, -0.15) is 5.10 Å². The second-order valence-corrected chi connectivity index (χ2v) is 3.86. The van der Waals surface area contributed by atoms with E-state index in [9.17, 15) is 0 Å². The number of aromatic nitrogens is 2. The molecular weight excluding hydrogens is 210 g/mol. The third-order valence-corrected chi connectivity index (χ3v) is 2.55. The van der Waals surface area contributed by atoms with E-state index in [0.29, 0.717) is 5.02 Å². The molecule has 0 bridgehead atoms. The van der Waals surface area contributed by atoms with Gasteiger partial charge < -0.3 is 5.73 Å². The molecule has 15 heavy (non-hydrogen) atoms. The van der Waals surface area contributed by atoms with E-state index in [1.165, 1.54) is 0 Å². The molecule has 3 nitrogen and oxygen atoms in total. The summed E-state index contributed by atoms with van der Waals surface area (Å²) in [5, 5.41) is 4.78. The van der Waals surface area contributed by atoms with Crippen LogP contribution in [0.15, 0.2) is 36.7 Å². The lowest BCUT2D eigenvalue weighted by Crippen LogP contribution is -2.05. The summed E-state index contributed by atoms with van der Waals surface area (Å²) < 4.78 is 1.73. The maximum Gasteiger partial charge on any atom is 0.0831 e. The zero-order valence-electron chi connectivity index (χ0n) is 8.39. The zero-order chi connectivity index (χ0) is 10.8. The molecule has 0 spiro atoms. The van der Waals surface area contributed by atoms with Crippen LogP contribution in [0.4, 0.5) is 0 Å². The van der Waals surface area contributed by atoms with E-state index < -0.39 is 0 Å². The Hall–Kier alpha value is -1.32. The van der Waals surface area contributed by atoms with Crippen molar-refractivity contribution in [3.8, 4) is 5.69 Å². The topological polar surface area (TPSA) is 43.8 Å². The Morgan fingerprint density at radius 3 is 2.80 bits per heavy atom. The van der Waals surface area contributed by atoms with Crippen LogP contribution in [0, 0.1) is 0 Å². The van der Waals surface area contributed by atoms with Crippen molar-refractivity contribution >= 4 is 11.6 Å². The van der Waals surface area contributed by atoms with Crippen molar-refractivity contribution in [3.63, 3.8) is 0 Å². The molecule has 1 aromatic carbocycles. The lowest BCUT2D eigenvalue weighted by atomic mass is 10.1. The summed E-state index contributed by atoms with van der Waals surface area (Å²) in [6.45, 7) is 1.93. The maximum atomic E-state index is 6.15. The first-order chi connectivity index (χ1) is 7.18. The average molecular weight is 222 g/mol. The van der Waals surface area contributed by atoms with E-state index >= 15 is 0 Å². The number of rotatable bonds is 2. The fraction of sp³-hybridized carbons (Fsp3) is 0.182. The molecule has 2 rings (SSSR count). The molecule has 0 saturated carbocycles. The highest BCUT2D eigenvalue weighted by atomic mass is 35.5. The number of benzene rings is 1. The SMILES string of the molecule is C[C@H](N)c1ccc(-n2cccn2)c(Cl)c1. The molecular formula is C11H12ClN3. The van der Waals surface area contributed by atoms with Crippen LogP contribution in [-0.2, 0) is 0 Å². The summed E-state index contributed by atoms with van der Waals surface area (Å²) in [7, 11) is 0. The second-order valence-electron chi connectivity index (χ2n) is 3.45. The third kappa shape index (κ3) is 2.03. The Labute approximate surface area is 93.5 Å². The number of nitrogens with zero attached hydrogens (tertiary/aromatic N) is 2. The Balaban J connectivity index is 2.44. The molecule has 1 heterocycles. The van der Waals surface area contributed by atoms with Crippen LogP contribution in [0.1, 0.15) is 18.5 Å². The average Bonchev–Trinajstić information content (AvgIpc) is 2.70. The Morgan fingerprint density at radius 1 is 1.47 bits per heavy atom. The quantitative estimate of drug-likeness (QED) is 0.847. The first kappa shape index (κ1) is 10.2. The van der Waals surface area contributed by atoms with Crippen LogP contribution >= 0.6 is 11.6 Å². The Morgan fingerprint density at radius 2 is 2.27 bits per heavy atom. The Bertz CT molecular complexity index is 449. The van der Waals surface area contributed by atoms with E-state index in [4.69, 9.17) is 17.3 Å². The summed E-state index contributed by atoms with van der Waals surface area (Å²) in [4.78, 5) is 0. The molecule has 0 amide bonds. The highest BCUT2D eigenvalue weighted by Gasteiger charge is 2.06. The number of halogens is 1. The first-order valence-corrected chi connectivity index (χ1v) is 5.11. The van der Waals surface area contributed by atoms with Crippen LogP contribution in [0.5, 0.6) is 0 Å². The monoisotopic (exact) mass is 221 g/mol. The van der Waals surface area contributed by atoms with Gasteiger partial charge in [0.2, 0.25) is 0 Å². The molecule has 0 aliphatic heterocycles. The van der Waals surface area contributed by atoms with Gasteiger partial charge in [-0.3, -0.25) is 0 Å². The van der Waals surface area contributed by atoms with Gasteiger partial charge in [0, 0.05) is 18.4 Å². The van der Waals surface area contributed by atoms with Crippen LogP contribution in [0.3, 0.4) is 0 Å². The fourth-order valence-electron chi connectivity index (χ4n) is 1.40. The molecule has 0 radical (unpaired) electrons. The standard InChI is InChI=1S/C11H12ClN3/c1-8(13)9-3-4-11(10(12)7-9)15-6-2-5-14-15/h2-8H,13H2,1H3/t8-/m0/s1. The van der Waals surface area contributed by atoms with Gasteiger partial charge in [-0.1, -0.05) is 17.7 Å². The van der Waals surface area contributed by atoms with E-state index in [0.717, 1.165) is 11.3 Å². The van der Waals surface area contributed by atoms with E-state index in [2.05, 4.69) is 5.10 Å². The van der Waals surface area contributed by atoms with Gasteiger partial charge in [-0.05, 0) is 30.7 Å². The third-order valence-electron chi connectivity index (χ3n) is 2.25. The second kappa shape index (κ2) is 4.04. The highest BCUT2D eigenvalue weighted by Crippen LogP contribution is 2.23. The normalized spacial score (nSPS) is 12.7. The number of hydrogen-bond donors (Lipinski definition) is 1. The minimum Gasteiger partial charge on any atom is -0.324 e. The van der Waals surface area contributed by atoms with E-state index in [-0.39, 0.29) is 6.04 Å². The molecule has 2 N–H and O–H groups in total. The summed E-state index contributed by atoms with van der Waals surface area (Å²) >= 11 is 6.15. The van der Waals surface area contributed by atoms with Crippen molar-refractivity contribution in [2.24, 2.45) is 5.73 Å². The van der Waals surface area contributed by atoms with Gasteiger partial charge in [0.25, 0.3) is 0 Å². The zero-order valence-corrected chi connectivity index (χ0v) is 9.15. The molecule has 1 aromatic heterocycles. The molecule has 78 valence electrons. The van der Waals surface area contributed by atoms with Crippen molar-refractivity contribution in [2.75, 3.05) is 0 Å². The van der Waals surface area contributed by atoms with Crippen LogP contribution in [0.25, 0.3) is 5.69 Å². The van der Waals surface area contributed by atoms with Crippen molar-refractivity contribution in [2.45, 2.75) is 13.0 Å². The van der Waals surface area contributed by atoms with Gasteiger partial charge in [-0.15, -0.1) is 0 Å². The molecule has 0 aliphatic rings. The molecule has 0 unspecified atom stereocenters. The smallest absolute Gasteiger partial charge is 0.0831 e. The summed E-state index contributed by atoms with van der Waals surface area (Å²) in [6, 6.07) is 7.62. The van der Waals surface area contributed by atoms with Gasteiger partial charge in [0.15, 0.2) is 0 Å². The predicted molar refractivity (Wildman–Crippen MR) is 61.2 cm³/mol. The van der Waals surface area contributed by atoms with Crippen LogP contribution in [0.2, 0.25) is 5.02 Å². The maximum absolute atomic E-state index is 6.15. The summed E-state index contributed by atoms with van der Waals surface area (Å²) in [5.74, 6) is 0. The first-order valence-electron chi connectivity index (χ1n) is 4.73. The molecule has 1 atom stereocenters. The fourth-order valence-corrected chi connectivity index (χ4v) is 1.68. The van der Waals surface area contributed by atoms with Gasteiger partial charge in [0.1, 0.15) is 0 Å². The van der Waals surface area contributed by atoms with Crippen LogP contribution < -0.4 is 5.73 Å². The lowest BCUT2D eigenvalue weighted by molar-refractivity contribution is 0.814. The minimum absolute atomic E-state index is 0.00540. The lowest BCUT2D eigenvalue weighted by Gasteiger charge is -2.09.